The Morgan fingerprint density at radius 2 is 2.15 bits per heavy atom. The molecule has 5 heteroatoms. The first-order chi connectivity index (χ1) is 9.52. The lowest BCUT2D eigenvalue weighted by atomic mass is 10.2. The van der Waals surface area contributed by atoms with Crippen molar-refractivity contribution in [2.45, 2.75) is 38.3 Å². The van der Waals surface area contributed by atoms with Gasteiger partial charge in [0.25, 0.3) is 0 Å². The van der Waals surface area contributed by atoms with E-state index in [0.717, 1.165) is 22.1 Å². The molecular formula is C15H19FN2S2. The molecule has 0 radical (unpaired) electrons. The SMILES string of the molecule is CSc1cccc(F)c1-c1nc(C)c(CNC(C)C)s1. The summed E-state index contributed by atoms with van der Waals surface area (Å²) in [5, 5.41) is 4.15. The van der Waals surface area contributed by atoms with Crippen LogP contribution in [0, 0.1) is 12.7 Å². The van der Waals surface area contributed by atoms with Crippen LogP contribution in [0.15, 0.2) is 23.1 Å². The van der Waals surface area contributed by atoms with Crippen LogP contribution in [-0.4, -0.2) is 17.3 Å². The molecule has 0 aliphatic rings. The van der Waals surface area contributed by atoms with E-state index in [2.05, 4.69) is 24.1 Å². The van der Waals surface area contributed by atoms with Crippen molar-refractivity contribution in [2.75, 3.05) is 6.26 Å². The van der Waals surface area contributed by atoms with Crippen LogP contribution in [0.1, 0.15) is 24.4 Å². The molecule has 20 heavy (non-hydrogen) atoms. The number of rotatable bonds is 5. The molecule has 1 aromatic heterocycles. The first kappa shape index (κ1) is 15.5. The average molecular weight is 310 g/mol. The van der Waals surface area contributed by atoms with Gasteiger partial charge in [0.2, 0.25) is 0 Å². The molecule has 0 saturated carbocycles. The van der Waals surface area contributed by atoms with Crippen molar-refractivity contribution in [1.82, 2.24) is 10.3 Å². The summed E-state index contributed by atoms with van der Waals surface area (Å²) in [6.45, 7) is 6.99. The predicted octanol–water partition coefficient (Wildman–Crippen LogP) is 4.48. The van der Waals surface area contributed by atoms with Crippen LogP contribution in [-0.2, 0) is 6.54 Å². The molecule has 2 rings (SSSR count). The lowest BCUT2D eigenvalue weighted by molar-refractivity contribution is 0.591. The normalized spacial score (nSPS) is 11.3. The van der Waals surface area contributed by atoms with Gasteiger partial charge in [0.1, 0.15) is 10.8 Å². The number of hydrogen-bond acceptors (Lipinski definition) is 4. The summed E-state index contributed by atoms with van der Waals surface area (Å²) in [4.78, 5) is 6.66. The van der Waals surface area contributed by atoms with Gasteiger partial charge in [0.15, 0.2) is 0 Å². The summed E-state index contributed by atoms with van der Waals surface area (Å²) in [6.07, 6.45) is 1.96. The Bertz CT molecular complexity index is 594. The highest BCUT2D eigenvalue weighted by Gasteiger charge is 2.16. The molecule has 0 spiro atoms. The van der Waals surface area contributed by atoms with Crippen LogP contribution in [0.4, 0.5) is 4.39 Å². The Morgan fingerprint density at radius 1 is 1.40 bits per heavy atom. The number of thioether (sulfide) groups is 1. The van der Waals surface area contributed by atoms with E-state index in [-0.39, 0.29) is 5.82 Å². The van der Waals surface area contributed by atoms with E-state index in [1.54, 1.807) is 29.2 Å². The standard InChI is InChI=1S/C15H19FN2S2/c1-9(2)17-8-13-10(3)18-15(20-13)14-11(16)6-5-7-12(14)19-4/h5-7,9,17H,8H2,1-4H3. The Balaban J connectivity index is 2.37. The molecule has 1 aromatic carbocycles. The van der Waals surface area contributed by atoms with Gasteiger partial charge in [-0.2, -0.15) is 0 Å². The number of halogens is 1. The molecule has 0 atom stereocenters. The zero-order valence-electron chi connectivity index (χ0n) is 12.2. The number of nitrogens with one attached hydrogen (secondary N) is 1. The highest BCUT2D eigenvalue weighted by molar-refractivity contribution is 7.98. The monoisotopic (exact) mass is 310 g/mol. The molecule has 0 aliphatic heterocycles. The Hall–Kier alpha value is -0.910. The van der Waals surface area contributed by atoms with E-state index in [1.165, 1.54) is 10.9 Å². The maximum atomic E-state index is 14.1. The van der Waals surface area contributed by atoms with Gasteiger partial charge in [0, 0.05) is 22.4 Å². The zero-order valence-corrected chi connectivity index (χ0v) is 13.8. The van der Waals surface area contributed by atoms with Crippen LogP contribution >= 0.6 is 23.1 Å². The van der Waals surface area contributed by atoms with Gasteiger partial charge in [-0.05, 0) is 25.3 Å². The van der Waals surface area contributed by atoms with Gasteiger partial charge in [-0.15, -0.1) is 23.1 Å². The first-order valence-electron chi connectivity index (χ1n) is 6.55. The van der Waals surface area contributed by atoms with Crippen molar-refractivity contribution in [2.24, 2.45) is 0 Å². The van der Waals surface area contributed by atoms with E-state index in [0.29, 0.717) is 11.6 Å². The van der Waals surface area contributed by atoms with Gasteiger partial charge in [-0.25, -0.2) is 9.37 Å². The maximum absolute atomic E-state index is 14.1. The van der Waals surface area contributed by atoms with Crippen molar-refractivity contribution in [3.63, 3.8) is 0 Å². The van der Waals surface area contributed by atoms with Gasteiger partial charge in [-0.1, -0.05) is 19.9 Å². The largest absolute Gasteiger partial charge is 0.310 e. The molecule has 0 fully saturated rings. The van der Waals surface area contributed by atoms with Crippen molar-refractivity contribution < 1.29 is 4.39 Å². The molecule has 1 heterocycles. The summed E-state index contributed by atoms with van der Waals surface area (Å²) >= 11 is 3.12. The van der Waals surface area contributed by atoms with E-state index >= 15 is 0 Å². The topological polar surface area (TPSA) is 24.9 Å². The number of hydrogen-bond donors (Lipinski definition) is 1. The second-order valence-electron chi connectivity index (χ2n) is 4.88. The summed E-state index contributed by atoms with van der Waals surface area (Å²) in [7, 11) is 0. The van der Waals surface area contributed by atoms with Crippen LogP contribution in [0.2, 0.25) is 0 Å². The Kier molecular flexibility index (Phi) is 5.18. The van der Waals surface area contributed by atoms with Crippen molar-refractivity contribution in [3.05, 3.63) is 34.6 Å². The van der Waals surface area contributed by atoms with Gasteiger partial charge >= 0.3 is 0 Å². The minimum absolute atomic E-state index is 0.200. The fourth-order valence-electron chi connectivity index (χ4n) is 1.88. The summed E-state index contributed by atoms with van der Waals surface area (Å²) in [6, 6.07) is 5.60. The number of aromatic nitrogens is 1. The smallest absolute Gasteiger partial charge is 0.134 e. The second kappa shape index (κ2) is 6.70. The van der Waals surface area contributed by atoms with E-state index in [4.69, 9.17) is 0 Å². The number of benzene rings is 1. The van der Waals surface area contributed by atoms with E-state index in [9.17, 15) is 4.39 Å². The summed E-state index contributed by atoms with van der Waals surface area (Å²) in [5.74, 6) is -0.200. The highest BCUT2D eigenvalue weighted by Crippen LogP contribution is 2.36. The van der Waals surface area contributed by atoms with Crippen LogP contribution in [0.3, 0.4) is 0 Å². The first-order valence-corrected chi connectivity index (χ1v) is 8.59. The second-order valence-corrected chi connectivity index (χ2v) is 6.81. The molecule has 108 valence electrons. The minimum atomic E-state index is -0.200. The third kappa shape index (κ3) is 3.40. The maximum Gasteiger partial charge on any atom is 0.134 e. The number of nitrogens with zero attached hydrogens (tertiary/aromatic N) is 1. The van der Waals surface area contributed by atoms with E-state index < -0.39 is 0 Å². The fraction of sp³-hybridized carbons (Fsp3) is 0.400. The number of aryl methyl sites for hydroxylation is 1. The molecule has 0 amide bonds. The van der Waals surface area contributed by atoms with Gasteiger partial charge < -0.3 is 5.32 Å². The van der Waals surface area contributed by atoms with Crippen molar-refractivity contribution >= 4 is 23.1 Å². The number of thiazole rings is 1. The zero-order chi connectivity index (χ0) is 14.7. The van der Waals surface area contributed by atoms with Crippen molar-refractivity contribution in [3.8, 4) is 10.6 Å². The average Bonchev–Trinajstić information content (AvgIpc) is 2.76. The third-order valence-electron chi connectivity index (χ3n) is 2.97. The third-order valence-corrected chi connectivity index (χ3v) is 4.93. The molecule has 2 aromatic rings. The van der Waals surface area contributed by atoms with Crippen molar-refractivity contribution in [1.29, 1.82) is 0 Å². The minimum Gasteiger partial charge on any atom is -0.310 e. The predicted molar refractivity (Wildman–Crippen MR) is 86.0 cm³/mol. The molecule has 2 nitrogen and oxygen atoms in total. The molecule has 0 saturated heterocycles. The summed E-state index contributed by atoms with van der Waals surface area (Å²) < 4.78 is 14.1. The molecular weight excluding hydrogens is 291 g/mol. The fourth-order valence-corrected chi connectivity index (χ4v) is 3.63. The summed E-state index contributed by atoms with van der Waals surface area (Å²) in [5.41, 5.74) is 1.61. The van der Waals surface area contributed by atoms with Crippen LogP contribution < -0.4 is 5.32 Å². The quantitative estimate of drug-likeness (QED) is 0.824. The molecule has 0 bridgehead atoms. The van der Waals surface area contributed by atoms with Crippen LogP contribution in [0.25, 0.3) is 10.6 Å². The van der Waals surface area contributed by atoms with Crippen LogP contribution in [0.5, 0.6) is 0 Å². The molecule has 1 N–H and O–H groups in total. The lowest BCUT2D eigenvalue weighted by Gasteiger charge is -2.06. The van der Waals surface area contributed by atoms with Gasteiger partial charge in [0.05, 0.1) is 11.3 Å². The lowest BCUT2D eigenvalue weighted by Crippen LogP contribution is -2.21. The molecule has 0 aliphatic carbocycles. The Morgan fingerprint density at radius 3 is 2.80 bits per heavy atom. The molecule has 0 unspecified atom stereocenters. The van der Waals surface area contributed by atoms with E-state index in [1.807, 2.05) is 19.2 Å². The Labute approximate surface area is 127 Å². The highest BCUT2D eigenvalue weighted by atomic mass is 32.2. The van der Waals surface area contributed by atoms with Gasteiger partial charge in [-0.3, -0.25) is 0 Å².